The number of aromatic amines is 1. The Morgan fingerprint density at radius 3 is 2.37 bits per heavy atom. The van der Waals surface area contributed by atoms with Crippen molar-refractivity contribution in [1.29, 1.82) is 0 Å². The summed E-state index contributed by atoms with van der Waals surface area (Å²) in [5, 5.41) is 6.58. The Balaban J connectivity index is 2.01. The average molecular weight is 385 g/mol. The van der Waals surface area contributed by atoms with Crippen molar-refractivity contribution >= 4 is 21.5 Å². The quantitative estimate of drug-likeness (QED) is 0.635. The van der Waals surface area contributed by atoms with Crippen LogP contribution in [0.4, 0.5) is 5.69 Å². The summed E-state index contributed by atoms with van der Waals surface area (Å²) in [5.74, 6) is 0.0939. The van der Waals surface area contributed by atoms with Gasteiger partial charge in [0.25, 0.3) is 10.0 Å². The number of benzene rings is 2. The van der Waals surface area contributed by atoms with E-state index in [2.05, 4.69) is 14.9 Å². The molecule has 7 nitrogen and oxygen atoms in total. The monoisotopic (exact) mass is 385 g/mol. The number of rotatable bonds is 6. The van der Waals surface area contributed by atoms with E-state index in [1.807, 2.05) is 6.07 Å². The Labute approximate surface area is 157 Å². The maximum atomic E-state index is 12.8. The first kappa shape index (κ1) is 18.7. The maximum absolute atomic E-state index is 12.8. The van der Waals surface area contributed by atoms with Crippen LogP contribution in [0, 0.1) is 13.8 Å². The zero-order chi connectivity index (χ0) is 19.6. The van der Waals surface area contributed by atoms with Gasteiger partial charge in [0.05, 0.1) is 24.2 Å². The average Bonchev–Trinajstić information content (AvgIpc) is 3.00. The summed E-state index contributed by atoms with van der Waals surface area (Å²) < 4.78 is 33.4. The lowest BCUT2D eigenvalue weighted by Crippen LogP contribution is -2.16. The third kappa shape index (κ3) is 3.70. The number of sulfonamides is 1. The van der Waals surface area contributed by atoms with E-state index in [-0.39, 0.29) is 16.4 Å². The largest absolute Gasteiger partial charge is 0.495 e. The number of carbonyl (C=O) groups excluding carboxylic acids is 1. The number of nitrogens with zero attached hydrogens (tertiary/aromatic N) is 1. The van der Waals surface area contributed by atoms with Gasteiger partial charge in [0.1, 0.15) is 10.6 Å². The Kier molecular flexibility index (Phi) is 5.00. The van der Waals surface area contributed by atoms with Crippen molar-refractivity contribution in [2.24, 2.45) is 0 Å². The second-order valence-corrected chi connectivity index (χ2v) is 7.60. The third-order valence-electron chi connectivity index (χ3n) is 4.07. The van der Waals surface area contributed by atoms with E-state index in [1.54, 1.807) is 50.2 Å². The minimum Gasteiger partial charge on any atom is -0.495 e. The van der Waals surface area contributed by atoms with Crippen LogP contribution < -0.4 is 9.46 Å². The molecule has 3 rings (SSSR count). The molecule has 0 unspecified atom stereocenters. The highest BCUT2D eigenvalue weighted by atomic mass is 32.2. The van der Waals surface area contributed by atoms with Crippen LogP contribution in [0.1, 0.15) is 27.3 Å². The number of ketones is 1. The first-order valence-corrected chi connectivity index (χ1v) is 9.64. The van der Waals surface area contributed by atoms with Crippen LogP contribution in [0.2, 0.25) is 0 Å². The van der Waals surface area contributed by atoms with Gasteiger partial charge in [0, 0.05) is 11.1 Å². The van der Waals surface area contributed by atoms with E-state index < -0.39 is 10.0 Å². The molecule has 0 aliphatic carbocycles. The fourth-order valence-electron chi connectivity index (χ4n) is 2.82. The molecule has 0 bridgehead atoms. The number of nitrogens with one attached hydrogen (secondary N) is 2. The second-order valence-electron chi connectivity index (χ2n) is 5.98. The van der Waals surface area contributed by atoms with Crippen molar-refractivity contribution in [2.75, 3.05) is 11.8 Å². The fraction of sp³-hybridized carbons (Fsp3) is 0.158. The molecule has 8 heteroatoms. The topological polar surface area (TPSA) is 101 Å². The fourth-order valence-corrected chi connectivity index (χ4v) is 4.25. The van der Waals surface area contributed by atoms with Gasteiger partial charge in [-0.25, -0.2) is 8.42 Å². The van der Waals surface area contributed by atoms with Gasteiger partial charge >= 0.3 is 0 Å². The molecule has 140 valence electrons. The van der Waals surface area contributed by atoms with Crippen LogP contribution in [-0.2, 0) is 10.0 Å². The Hall–Kier alpha value is -3.13. The van der Waals surface area contributed by atoms with Crippen molar-refractivity contribution < 1.29 is 17.9 Å². The van der Waals surface area contributed by atoms with Crippen LogP contribution in [-0.4, -0.2) is 31.5 Å². The molecule has 0 atom stereocenters. The molecule has 0 saturated heterocycles. The van der Waals surface area contributed by atoms with Gasteiger partial charge in [-0.2, -0.15) is 5.10 Å². The van der Waals surface area contributed by atoms with Crippen LogP contribution in [0.5, 0.6) is 5.75 Å². The summed E-state index contributed by atoms with van der Waals surface area (Å²) in [6.07, 6.45) is 0. The molecule has 0 aliphatic rings. The number of hydrogen-bond donors (Lipinski definition) is 2. The van der Waals surface area contributed by atoms with Gasteiger partial charge < -0.3 is 4.74 Å². The first-order valence-electron chi connectivity index (χ1n) is 8.15. The van der Waals surface area contributed by atoms with Crippen molar-refractivity contribution in [3.63, 3.8) is 0 Å². The van der Waals surface area contributed by atoms with Crippen molar-refractivity contribution in [2.45, 2.75) is 18.7 Å². The van der Waals surface area contributed by atoms with Crippen LogP contribution >= 0.6 is 0 Å². The molecule has 1 heterocycles. The molecular formula is C19H19N3O4S. The molecule has 2 N–H and O–H groups in total. The smallest absolute Gasteiger partial charge is 0.265 e. The SMILES string of the molecule is COc1ccc(C(=O)c2ccccc2)cc1NS(=O)(=O)c1c(C)n[nH]c1C. The molecule has 0 spiro atoms. The molecule has 0 radical (unpaired) electrons. The first-order chi connectivity index (χ1) is 12.8. The molecule has 0 amide bonds. The Morgan fingerprint density at radius 2 is 1.78 bits per heavy atom. The molecule has 0 saturated carbocycles. The molecule has 0 fully saturated rings. The van der Waals surface area contributed by atoms with Gasteiger partial charge in [0.15, 0.2) is 5.78 Å². The van der Waals surface area contributed by atoms with Crippen molar-refractivity contribution in [3.8, 4) is 5.75 Å². The highest BCUT2D eigenvalue weighted by Gasteiger charge is 2.24. The van der Waals surface area contributed by atoms with Crippen LogP contribution in [0.15, 0.2) is 53.4 Å². The summed E-state index contributed by atoms with van der Waals surface area (Å²) in [5.41, 5.74) is 1.82. The molecular weight excluding hydrogens is 366 g/mol. The molecule has 3 aromatic rings. The standard InChI is InChI=1S/C19H19N3O4S/c1-12-19(13(2)21-20-12)27(24,25)22-16-11-15(9-10-17(16)26-3)18(23)14-7-5-4-6-8-14/h4-11,22H,1-3H3,(H,20,21). The summed E-state index contributed by atoms with van der Waals surface area (Å²) in [4.78, 5) is 12.7. The summed E-state index contributed by atoms with van der Waals surface area (Å²) in [6.45, 7) is 3.23. The highest BCUT2D eigenvalue weighted by molar-refractivity contribution is 7.92. The van der Waals surface area contributed by atoms with Gasteiger partial charge in [0.2, 0.25) is 0 Å². The van der Waals surface area contributed by atoms with E-state index in [1.165, 1.54) is 13.2 Å². The number of aryl methyl sites for hydroxylation is 2. The second kappa shape index (κ2) is 7.24. The van der Waals surface area contributed by atoms with Crippen LogP contribution in [0.25, 0.3) is 0 Å². The maximum Gasteiger partial charge on any atom is 0.265 e. The van der Waals surface area contributed by atoms with Gasteiger partial charge in [-0.1, -0.05) is 30.3 Å². The summed E-state index contributed by atoms with van der Waals surface area (Å²) in [7, 11) is -2.48. The van der Waals surface area contributed by atoms with E-state index in [4.69, 9.17) is 4.74 Å². The number of anilines is 1. The van der Waals surface area contributed by atoms with Gasteiger partial charge in [-0.05, 0) is 32.0 Å². The number of ether oxygens (including phenoxy) is 1. The summed E-state index contributed by atoms with van der Waals surface area (Å²) >= 11 is 0. The Morgan fingerprint density at radius 1 is 1.07 bits per heavy atom. The van der Waals surface area contributed by atoms with Gasteiger partial charge in [-0.3, -0.25) is 14.6 Å². The van der Waals surface area contributed by atoms with E-state index >= 15 is 0 Å². The Bertz CT molecular complexity index is 1070. The van der Waals surface area contributed by atoms with E-state index in [9.17, 15) is 13.2 Å². The van der Waals surface area contributed by atoms with Crippen molar-refractivity contribution in [1.82, 2.24) is 10.2 Å². The number of H-pyrrole nitrogens is 1. The number of aromatic nitrogens is 2. The number of hydrogen-bond acceptors (Lipinski definition) is 5. The van der Waals surface area contributed by atoms with E-state index in [0.29, 0.717) is 28.3 Å². The lowest BCUT2D eigenvalue weighted by atomic mass is 10.0. The minimum absolute atomic E-state index is 0.0735. The minimum atomic E-state index is -3.91. The van der Waals surface area contributed by atoms with E-state index in [0.717, 1.165) is 0 Å². The summed E-state index contributed by atoms with van der Waals surface area (Å²) in [6, 6.07) is 13.4. The van der Waals surface area contributed by atoms with Gasteiger partial charge in [-0.15, -0.1) is 0 Å². The zero-order valence-electron chi connectivity index (χ0n) is 15.1. The third-order valence-corrected chi connectivity index (χ3v) is 5.70. The lowest BCUT2D eigenvalue weighted by molar-refractivity contribution is 0.103. The van der Waals surface area contributed by atoms with Crippen LogP contribution in [0.3, 0.4) is 0 Å². The van der Waals surface area contributed by atoms with Crippen molar-refractivity contribution in [3.05, 3.63) is 71.0 Å². The molecule has 1 aromatic heterocycles. The normalized spacial score (nSPS) is 11.2. The lowest BCUT2D eigenvalue weighted by Gasteiger charge is -2.13. The zero-order valence-corrected chi connectivity index (χ0v) is 15.9. The molecule has 0 aliphatic heterocycles. The molecule has 27 heavy (non-hydrogen) atoms. The number of methoxy groups -OCH3 is 1. The highest BCUT2D eigenvalue weighted by Crippen LogP contribution is 2.30. The molecule has 2 aromatic carbocycles. The number of carbonyl (C=O) groups is 1. The predicted molar refractivity (Wildman–Crippen MR) is 102 cm³/mol. The predicted octanol–water partition coefficient (Wildman–Crippen LogP) is 3.07.